The maximum absolute atomic E-state index is 11.1. The van der Waals surface area contributed by atoms with Crippen LogP contribution in [-0.2, 0) is 9.53 Å². The molecule has 0 bridgehead atoms. The van der Waals surface area contributed by atoms with Gasteiger partial charge >= 0.3 is 5.97 Å². The molecule has 62 valence electrons. The highest BCUT2D eigenvalue weighted by Crippen LogP contribution is 2.09. The molecule has 0 aliphatic carbocycles. The molecule has 0 saturated heterocycles. The fourth-order valence-corrected chi connectivity index (χ4v) is 0.986. The van der Waals surface area contributed by atoms with Gasteiger partial charge < -0.3 is 9.64 Å². The van der Waals surface area contributed by atoms with Crippen LogP contribution in [0.2, 0.25) is 0 Å². The van der Waals surface area contributed by atoms with Crippen LogP contribution < -0.4 is 0 Å². The molecular formula is C8H13NO2. The maximum Gasteiger partial charge on any atom is 0.333 e. The predicted octanol–water partition coefficient (Wildman–Crippen LogP) is 0.421. The first kappa shape index (κ1) is 4.93. The van der Waals surface area contributed by atoms with E-state index in [1.165, 1.54) is 12.0 Å². The first-order valence-electron chi connectivity index (χ1n) is 4.97. The van der Waals surface area contributed by atoms with Crippen molar-refractivity contribution < 1.29 is 13.6 Å². The Bertz CT molecular complexity index is 260. The minimum absolute atomic E-state index is 0.279. The first-order chi connectivity index (χ1) is 6.45. The third-order valence-corrected chi connectivity index (χ3v) is 1.66. The van der Waals surface area contributed by atoms with Crippen molar-refractivity contribution in [2.24, 2.45) is 0 Å². The number of methoxy groups -OCH3 is 1. The zero-order valence-electron chi connectivity index (χ0n) is 9.46. The van der Waals surface area contributed by atoms with Crippen LogP contribution in [0, 0.1) is 0 Å². The second-order valence-corrected chi connectivity index (χ2v) is 2.42. The quantitative estimate of drug-likeness (QED) is 0.518. The summed E-state index contributed by atoms with van der Waals surface area (Å²) < 4.78 is 26.0. The van der Waals surface area contributed by atoms with Gasteiger partial charge in [0.2, 0.25) is 0 Å². The number of nitrogens with zero attached hydrogens (tertiary/aromatic N) is 1. The molecular weight excluding hydrogens is 142 g/mol. The molecule has 0 spiro atoms. The van der Waals surface area contributed by atoms with Gasteiger partial charge in [0.1, 0.15) is 0 Å². The molecule has 1 heterocycles. The minimum Gasteiger partial charge on any atom is -0.466 e. The van der Waals surface area contributed by atoms with Gasteiger partial charge in [0.05, 0.1) is 7.11 Å². The Kier molecular flexibility index (Phi) is 1.58. The molecule has 0 aromatic rings. The van der Waals surface area contributed by atoms with Gasteiger partial charge in [-0.1, -0.05) is 6.08 Å². The number of esters is 1. The number of hydrogen-bond donors (Lipinski definition) is 0. The molecule has 1 aliphatic heterocycles. The monoisotopic (exact) mass is 158 g/mol. The van der Waals surface area contributed by atoms with Crippen LogP contribution in [0.25, 0.3) is 0 Å². The highest BCUT2D eigenvalue weighted by atomic mass is 16.5. The van der Waals surface area contributed by atoms with E-state index in [-0.39, 0.29) is 12.5 Å². The third-order valence-electron chi connectivity index (χ3n) is 1.66. The van der Waals surface area contributed by atoms with Crippen LogP contribution >= 0.6 is 0 Å². The van der Waals surface area contributed by atoms with Crippen LogP contribution in [0.15, 0.2) is 11.6 Å². The highest BCUT2D eigenvalue weighted by Gasteiger charge is 2.13. The molecule has 0 radical (unpaired) electrons. The van der Waals surface area contributed by atoms with E-state index in [1.807, 2.05) is 0 Å². The van der Waals surface area contributed by atoms with Crippen molar-refractivity contribution in [3.63, 3.8) is 0 Å². The summed E-state index contributed by atoms with van der Waals surface area (Å²) in [4.78, 5) is 12.4. The number of rotatable bonds is 1. The van der Waals surface area contributed by atoms with Crippen LogP contribution in [0.1, 0.15) is 10.5 Å². The molecule has 3 nitrogen and oxygen atoms in total. The van der Waals surface area contributed by atoms with Crippen LogP contribution in [0.4, 0.5) is 0 Å². The lowest BCUT2D eigenvalue weighted by Crippen LogP contribution is -2.26. The third kappa shape index (κ3) is 2.05. The van der Waals surface area contributed by atoms with E-state index in [4.69, 9.17) is 4.11 Å². The largest absolute Gasteiger partial charge is 0.466 e. The smallest absolute Gasteiger partial charge is 0.333 e. The number of carbonyl (C=O) groups is 1. The molecule has 1 aliphatic rings. The van der Waals surface area contributed by atoms with Crippen molar-refractivity contribution in [3.05, 3.63) is 11.6 Å². The number of ether oxygens (including phenoxy) is 1. The second kappa shape index (κ2) is 3.53. The number of hydrogen-bond acceptors (Lipinski definition) is 3. The zero-order chi connectivity index (χ0) is 10.8. The summed E-state index contributed by atoms with van der Waals surface area (Å²) in [5.41, 5.74) is 0.563. The summed E-state index contributed by atoms with van der Waals surface area (Å²) >= 11 is 0. The van der Waals surface area contributed by atoms with Crippen molar-refractivity contribution in [1.82, 2.24) is 4.90 Å². The second-order valence-electron chi connectivity index (χ2n) is 2.42. The minimum atomic E-state index is -2.07. The summed E-state index contributed by atoms with van der Waals surface area (Å²) in [7, 11) is 1.32. The van der Waals surface area contributed by atoms with E-state index < -0.39 is 6.98 Å². The summed E-state index contributed by atoms with van der Waals surface area (Å²) in [5, 5.41) is 0. The van der Waals surface area contributed by atoms with E-state index in [2.05, 4.69) is 4.74 Å². The molecule has 0 atom stereocenters. The first-order valence-corrected chi connectivity index (χ1v) is 3.47. The van der Waals surface area contributed by atoms with E-state index in [9.17, 15) is 4.79 Å². The van der Waals surface area contributed by atoms with Gasteiger partial charge in [-0.25, -0.2) is 4.79 Å². The molecule has 11 heavy (non-hydrogen) atoms. The lowest BCUT2D eigenvalue weighted by molar-refractivity contribution is -0.136. The summed E-state index contributed by atoms with van der Waals surface area (Å²) in [6, 6.07) is 0. The Balaban J connectivity index is 2.60. The van der Waals surface area contributed by atoms with Crippen molar-refractivity contribution in [2.75, 3.05) is 27.2 Å². The molecule has 0 aromatic carbocycles. The Labute approximate surface area is 70.8 Å². The Morgan fingerprint density at radius 2 is 2.73 bits per heavy atom. The molecule has 0 amide bonds. The predicted molar refractivity (Wildman–Crippen MR) is 42.2 cm³/mol. The average Bonchev–Trinajstić information content (AvgIpc) is 2.15. The van der Waals surface area contributed by atoms with Crippen LogP contribution in [0.5, 0.6) is 0 Å². The normalized spacial score (nSPS) is 24.5. The molecule has 1 rings (SSSR count). The lowest BCUT2D eigenvalue weighted by atomic mass is 10.1. The number of carbonyl (C=O) groups excluding carboxylic acids is 1. The number of likely N-dealkylation sites (N-methyl/N-ethyl adjacent to an activating group) is 1. The molecule has 0 unspecified atom stereocenters. The Morgan fingerprint density at radius 3 is 3.18 bits per heavy atom. The van der Waals surface area contributed by atoms with E-state index >= 15 is 0 Å². The molecule has 0 fully saturated rings. The van der Waals surface area contributed by atoms with Crippen LogP contribution in [0.3, 0.4) is 0 Å². The van der Waals surface area contributed by atoms with Crippen molar-refractivity contribution in [3.8, 4) is 0 Å². The van der Waals surface area contributed by atoms with Gasteiger partial charge in [0.25, 0.3) is 0 Å². The zero-order valence-corrected chi connectivity index (χ0v) is 6.46. The summed E-state index contributed by atoms with van der Waals surface area (Å²) in [6.45, 7) is -1.42. The summed E-state index contributed by atoms with van der Waals surface area (Å²) in [6.07, 6.45) is 2.05. The van der Waals surface area contributed by atoms with Crippen molar-refractivity contribution >= 4 is 5.97 Å². The van der Waals surface area contributed by atoms with Gasteiger partial charge in [0, 0.05) is 22.8 Å². The topological polar surface area (TPSA) is 29.5 Å². The van der Waals surface area contributed by atoms with Crippen LogP contribution in [-0.4, -0.2) is 38.0 Å². The van der Waals surface area contributed by atoms with Crippen molar-refractivity contribution in [2.45, 2.75) is 6.42 Å². The fourth-order valence-electron chi connectivity index (χ4n) is 0.986. The van der Waals surface area contributed by atoms with Crippen molar-refractivity contribution in [1.29, 1.82) is 0 Å². The molecule has 0 N–H and O–H groups in total. The van der Waals surface area contributed by atoms with E-state index in [1.54, 1.807) is 6.08 Å². The standard InChI is InChI=1S/C8H13NO2/c1-9-5-3-7(4-6-9)8(10)11-2/h3H,4-6H2,1-2H3/i1D3. The highest BCUT2D eigenvalue weighted by molar-refractivity contribution is 5.88. The molecule has 3 heteroatoms. The molecule has 0 saturated carbocycles. The lowest BCUT2D eigenvalue weighted by Gasteiger charge is -2.20. The molecule has 0 aromatic heterocycles. The SMILES string of the molecule is [2H]C([2H])([2H])N1CC=C(C(=O)OC)CC1. The summed E-state index contributed by atoms with van der Waals surface area (Å²) in [5.74, 6) is -0.366. The maximum atomic E-state index is 11.1. The Hall–Kier alpha value is -0.830. The van der Waals surface area contributed by atoms with Gasteiger partial charge in [-0.2, -0.15) is 0 Å². The van der Waals surface area contributed by atoms with Gasteiger partial charge in [-0.15, -0.1) is 0 Å². The Morgan fingerprint density at radius 1 is 1.91 bits per heavy atom. The van der Waals surface area contributed by atoms with Gasteiger partial charge in [-0.3, -0.25) is 0 Å². The van der Waals surface area contributed by atoms with E-state index in [0.717, 1.165) is 0 Å². The van der Waals surface area contributed by atoms with Gasteiger partial charge in [0.15, 0.2) is 0 Å². The van der Waals surface area contributed by atoms with E-state index in [0.29, 0.717) is 18.5 Å². The average molecular weight is 158 g/mol. The van der Waals surface area contributed by atoms with Gasteiger partial charge in [-0.05, 0) is 13.4 Å². The fraction of sp³-hybridized carbons (Fsp3) is 0.625.